The summed E-state index contributed by atoms with van der Waals surface area (Å²) in [6, 6.07) is 12.9. The number of aryl methyl sites for hydroxylation is 1. The van der Waals surface area contributed by atoms with E-state index < -0.39 is 9.84 Å². The van der Waals surface area contributed by atoms with Crippen LogP contribution in [-0.2, 0) is 9.84 Å². The van der Waals surface area contributed by atoms with E-state index in [1.54, 1.807) is 14.2 Å². The molecule has 0 radical (unpaired) electrons. The quantitative estimate of drug-likeness (QED) is 0.708. The molecule has 0 aromatic heterocycles. The van der Waals surface area contributed by atoms with Crippen LogP contribution in [0.1, 0.15) is 5.56 Å². The molecule has 0 bridgehead atoms. The molecule has 4 rings (SSSR count). The van der Waals surface area contributed by atoms with Crippen LogP contribution in [0.5, 0.6) is 11.5 Å². The minimum absolute atomic E-state index is 0.0561. The number of anilines is 2. The van der Waals surface area contributed by atoms with Crippen LogP contribution in [-0.4, -0.2) is 51.3 Å². The molecule has 28 heavy (non-hydrogen) atoms. The molecule has 6 nitrogen and oxygen atoms in total. The number of thiocarbonyl (C=S) groups is 1. The van der Waals surface area contributed by atoms with Crippen LogP contribution in [0.25, 0.3) is 0 Å². The average Bonchev–Trinajstić information content (AvgIpc) is 3.10. The van der Waals surface area contributed by atoms with Gasteiger partial charge >= 0.3 is 0 Å². The number of nitrogens with zero attached hydrogens (tertiary/aromatic N) is 2. The fourth-order valence-electron chi connectivity index (χ4n) is 3.98. The zero-order chi connectivity index (χ0) is 20.1. The molecule has 0 unspecified atom stereocenters. The van der Waals surface area contributed by atoms with Crippen molar-refractivity contribution in [1.82, 2.24) is 0 Å². The zero-order valence-electron chi connectivity index (χ0n) is 16.0. The van der Waals surface area contributed by atoms with Crippen LogP contribution in [0.3, 0.4) is 0 Å². The number of ether oxygens (including phenoxy) is 2. The Morgan fingerprint density at radius 1 is 0.964 bits per heavy atom. The van der Waals surface area contributed by atoms with Crippen LogP contribution < -0.4 is 19.3 Å². The Labute approximate surface area is 170 Å². The van der Waals surface area contributed by atoms with E-state index in [0.717, 1.165) is 11.3 Å². The summed E-state index contributed by atoms with van der Waals surface area (Å²) in [6.45, 7) is 2.02. The van der Waals surface area contributed by atoms with Crippen molar-refractivity contribution in [3.63, 3.8) is 0 Å². The Balaban J connectivity index is 1.84. The number of hydrogen-bond donors (Lipinski definition) is 0. The first kappa shape index (κ1) is 19.0. The second-order valence-electron chi connectivity index (χ2n) is 7.11. The van der Waals surface area contributed by atoms with Crippen LogP contribution in [0.2, 0.25) is 0 Å². The molecule has 2 saturated heterocycles. The summed E-state index contributed by atoms with van der Waals surface area (Å²) in [4.78, 5) is 3.87. The zero-order valence-corrected chi connectivity index (χ0v) is 17.6. The normalized spacial score (nSPS) is 23.0. The molecule has 2 aliphatic heterocycles. The third-order valence-corrected chi connectivity index (χ3v) is 7.42. The van der Waals surface area contributed by atoms with Crippen molar-refractivity contribution in [2.75, 3.05) is 35.5 Å². The molecule has 0 aliphatic carbocycles. The molecular weight excluding hydrogens is 396 g/mol. The Kier molecular flexibility index (Phi) is 4.71. The highest BCUT2D eigenvalue weighted by Gasteiger charge is 2.53. The van der Waals surface area contributed by atoms with Gasteiger partial charge in [0.05, 0.1) is 43.5 Å². The monoisotopic (exact) mass is 418 g/mol. The maximum atomic E-state index is 12.5. The van der Waals surface area contributed by atoms with E-state index in [2.05, 4.69) is 0 Å². The first-order valence-electron chi connectivity index (χ1n) is 8.96. The lowest BCUT2D eigenvalue weighted by atomic mass is 10.1. The fraction of sp³-hybridized carbons (Fsp3) is 0.350. The highest BCUT2D eigenvalue weighted by atomic mass is 32.2. The number of fused-ring (bicyclic) bond motifs is 1. The SMILES string of the molecule is COc1ccc(OC)c(N2C(=S)N(c3ccc(C)cc3)[C@H]3CS(=O)(=O)C[C@H]32)c1. The van der Waals surface area contributed by atoms with Gasteiger partial charge in [-0.2, -0.15) is 0 Å². The van der Waals surface area contributed by atoms with Crippen LogP contribution >= 0.6 is 12.2 Å². The Morgan fingerprint density at radius 3 is 2.21 bits per heavy atom. The molecule has 2 atom stereocenters. The van der Waals surface area contributed by atoms with Gasteiger partial charge in [-0.15, -0.1) is 0 Å². The van der Waals surface area contributed by atoms with E-state index in [4.69, 9.17) is 21.7 Å². The van der Waals surface area contributed by atoms with Gasteiger partial charge < -0.3 is 19.3 Å². The Bertz CT molecular complexity index is 1020. The molecule has 2 fully saturated rings. The second-order valence-corrected chi connectivity index (χ2v) is 9.63. The number of sulfone groups is 1. The number of rotatable bonds is 4. The smallest absolute Gasteiger partial charge is 0.181 e. The number of hydrogen-bond acceptors (Lipinski definition) is 5. The molecule has 2 aliphatic rings. The van der Waals surface area contributed by atoms with E-state index in [9.17, 15) is 8.42 Å². The topological polar surface area (TPSA) is 59.1 Å². The lowest BCUT2D eigenvalue weighted by molar-refractivity contribution is 0.403. The molecule has 2 heterocycles. The highest BCUT2D eigenvalue weighted by Crippen LogP contribution is 2.42. The lowest BCUT2D eigenvalue weighted by Gasteiger charge is -2.27. The summed E-state index contributed by atoms with van der Waals surface area (Å²) in [5, 5.41) is 0.570. The van der Waals surface area contributed by atoms with Crippen LogP contribution in [0.4, 0.5) is 11.4 Å². The van der Waals surface area contributed by atoms with E-state index in [1.165, 1.54) is 0 Å². The second kappa shape index (κ2) is 6.93. The van der Waals surface area contributed by atoms with E-state index >= 15 is 0 Å². The Hall–Kier alpha value is -2.32. The fourth-order valence-corrected chi connectivity index (χ4v) is 6.37. The summed E-state index contributed by atoms with van der Waals surface area (Å²) in [5.41, 5.74) is 2.75. The first-order valence-corrected chi connectivity index (χ1v) is 11.2. The number of methoxy groups -OCH3 is 2. The highest BCUT2D eigenvalue weighted by molar-refractivity contribution is 7.91. The lowest BCUT2D eigenvalue weighted by Crippen LogP contribution is -2.37. The molecular formula is C20H22N2O4S2. The van der Waals surface area contributed by atoms with Crippen molar-refractivity contribution in [1.29, 1.82) is 0 Å². The van der Waals surface area contributed by atoms with Gasteiger partial charge in [0.25, 0.3) is 0 Å². The van der Waals surface area contributed by atoms with Gasteiger partial charge in [0.2, 0.25) is 0 Å². The minimum Gasteiger partial charge on any atom is -0.497 e. The van der Waals surface area contributed by atoms with Crippen molar-refractivity contribution in [3.8, 4) is 11.5 Å². The molecule has 0 amide bonds. The molecule has 148 valence electrons. The molecule has 0 N–H and O–H groups in total. The summed E-state index contributed by atoms with van der Waals surface area (Å²) in [5.74, 6) is 1.41. The summed E-state index contributed by atoms with van der Waals surface area (Å²) in [6.07, 6.45) is 0. The van der Waals surface area contributed by atoms with E-state index in [-0.39, 0.29) is 23.6 Å². The molecule has 8 heteroatoms. The molecule has 2 aromatic rings. The number of benzene rings is 2. The van der Waals surface area contributed by atoms with Crippen LogP contribution in [0, 0.1) is 6.92 Å². The molecule has 0 spiro atoms. The van der Waals surface area contributed by atoms with Gasteiger partial charge in [0.1, 0.15) is 11.5 Å². The van der Waals surface area contributed by atoms with Crippen molar-refractivity contribution >= 4 is 38.5 Å². The summed E-state index contributed by atoms with van der Waals surface area (Å²) >= 11 is 5.84. The van der Waals surface area contributed by atoms with Crippen molar-refractivity contribution in [2.45, 2.75) is 19.0 Å². The van der Waals surface area contributed by atoms with Crippen LogP contribution in [0.15, 0.2) is 42.5 Å². The maximum absolute atomic E-state index is 12.5. The first-order chi connectivity index (χ1) is 13.3. The van der Waals surface area contributed by atoms with Crippen molar-refractivity contribution in [2.24, 2.45) is 0 Å². The van der Waals surface area contributed by atoms with E-state index in [0.29, 0.717) is 22.3 Å². The average molecular weight is 419 g/mol. The maximum Gasteiger partial charge on any atom is 0.181 e. The summed E-state index contributed by atoms with van der Waals surface area (Å²) in [7, 11) is 0.0117. The molecule has 2 aromatic carbocycles. The van der Waals surface area contributed by atoms with E-state index in [1.807, 2.05) is 59.2 Å². The van der Waals surface area contributed by atoms with Crippen molar-refractivity contribution < 1.29 is 17.9 Å². The summed E-state index contributed by atoms with van der Waals surface area (Å²) < 4.78 is 35.9. The largest absolute Gasteiger partial charge is 0.497 e. The van der Waals surface area contributed by atoms with Gasteiger partial charge in [0, 0.05) is 11.8 Å². The van der Waals surface area contributed by atoms with Gasteiger partial charge in [-0.25, -0.2) is 8.42 Å². The standard InChI is InChI=1S/C20H22N2O4S2/c1-13-4-6-14(7-5-13)21-17-11-28(23,24)12-18(17)22(20(21)27)16-10-15(25-2)8-9-19(16)26-3/h4-10,17-18H,11-12H2,1-3H3/t17-,18+/m0/s1. The molecule has 0 saturated carbocycles. The van der Waals surface area contributed by atoms with Gasteiger partial charge in [-0.1, -0.05) is 17.7 Å². The Morgan fingerprint density at radius 2 is 1.61 bits per heavy atom. The predicted molar refractivity (Wildman–Crippen MR) is 115 cm³/mol. The third-order valence-electron chi connectivity index (χ3n) is 5.33. The van der Waals surface area contributed by atoms with Gasteiger partial charge in [-0.3, -0.25) is 0 Å². The van der Waals surface area contributed by atoms with Gasteiger partial charge in [-0.05, 0) is 43.4 Å². The van der Waals surface area contributed by atoms with Crippen molar-refractivity contribution in [3.05, 3.63) is 48.0 Å². The predicted octanol–water partition coefficient (Wildman–Crippen LogP) is 2.79. The van der Waals surface area contributed by atoms with Gasteiger partial charge in [0.15, 0.2) is 14.9 Å². The minimum atomic E-state index is -3.17. The third kappa shape index (κ3) is 3.10.